The van der Waals surface area contributed by atoms with Crippen LogP contribution in [0.1, 0.15) is 12.8 Å². The Morgan fingerprint density at radius 3 is 2.54 bits per heavy atom. The molecule has 1 atom stereocenters. The average Bonchev–Trinajstić information content (AvgIpc) is 2.75. The molecule has 1 saturated heterocycles. The van der Waals surface area contributed by atoms with Gasteiger partial charge in [0.2, 0.25) is 0 Å². The van der Waals surface area contributed by atoms with Crippen LogP contribution >= 0.6 is 0 Å². The zero-order valence-corrected chi connectivity index (χ0v) is 7.62. The maximum Gasteiger partial charge on any atom is 0.323 e. The van der Waals surface area contributed by atoms with E-state index in [1.54, 1.807) is 0 Å². The Hall–Kier alpha value is -0.660. The van der Waals surface area contributed by atoms with Crippen molar-refractivity contribution < 1.29 is 18.3 Å². The molecule has 13 heavy (non-hydrogen) atoms. The summed E-state index contributed by atoms with van der Waals surface area (Å²) in [4.78, 5) is 10.7. The fourth-order valence-corrected chi connectivity index (χ4v) is 3.11. The van der Waals surface area contributed by atoms with Gasteiger partial charge in [-0.25, -0.2) is 0 Å². The second kappa shape index (κ2) is 2.66. The highest BCUT2D eigenvalue weighted by Gasteiger charge is 2.49. The van der Waals surface area contributed by atoms with E-state index in [0.717, 1.165) is 17.1 Å². The third-order valence-corrected chi connectivity index (χ3v) is 3.87. The first-order chi connectivity index (χ1) is 6.02. The van der Waals surface area contributed by atoms with E-state index in [0.29, 0.717) is 0 Å². The Bertz CT molecular complexity index is 335. The normalized spacial score (nSPS) is 33.4. The zero-order valence-electron chi connectivity index (χ0n) is 6.80. The van der Waals surface area contributed by atoms with Gasteiger partial charge in [-0.2, -0.15) is 17.4 Å². The lowest BCUT2D eigenvalue weighted by atomic mass is 10.3. The highest BCUT2D eigenvalue weighted by Crippen LogP contribution is 2.32. The second-order valence-corrected chi connectivity index (χ2v) is 4.93. The molecular weight excluding hydrogens is 196 g/mol. The van der Waals surface area contributed by atoms with E-state index in [4.69, 9.17) is 5.11 Å². The molecular formula is C6H10N2O4S. The number of hydrogen-bond donors (Lipinski definition) is 2. The van der Waals surface area contributed by atoms with Crippen LogP contribution in [-0.4, -0.2) is 42.4 Å². The van der Waals surface area contributed by atoms with Gasteiger partial charge in [-0.05, 0) is 12.8 Å². The van der Waals surface area contributed by atoms with Crippen molar-refractivity contribution in [2.75, 3.05) is 6.54 Å². The maximum absolute atomic E-state index is 11.3. The predicted octanol–water partition coefficient (Wildman–Crippen LogP) is -1.25. The summed E-state index contributed by atoms with van der Waals surface area (Å²) in [5, 5.41) is 8.75. The molecule has 0 aromatic heterocycles. The van der Waals surface area contributed by atoms with E-state index in [1.165, 1.54) is 0 Å². The van der Waals surface area contributed by atoms with Gasteiger partial charge in [-0.3, -0.25) is 4.79 Å². The monoisotopic (exact) mass is 206 g/mol. The van der Waals surface area contributed by atoms with Crippen LogP contribution in [0.3, 0.4) is 0 Å². The average molecular weight is 206 g/mol. The third-order valence-electron chi connectivity index (χ3n) is 2.24. The molecule has 0 aromatic rings. The zero-order chi connectivity index (χ0) is 9.64. The van der Waals surface area contributed by atoms with Gasteiger partial charge in [0.05, 0.1) is 0 Å². The summed E-state index contributed by atoms with van der Waals surface area (Å²) in [5.41, 5.74) is 0. The summed E-state index contributed by atoms with van der Waals surface area (Å²) >= 11 is 0. The summed E-state index contributed by atoms with van der Waals surface area (Å²) in [6.45, 7) is -0.0197. The second-order valence-electron chi connectivity index (χ2n) is 3.27. The molecule has 0 amide bonds. The van der Waals surface area contributed by atoms with Crippen LogP contribution in [0.4, 0.5) is 0 Å². The molecule has 0 spiro atoms. The minimum atomic E-state index is -3.52. The summed E-state index contributed by atoms with van der Waals surface area (Å²) in [7, 11) is -3.52. The number of aliphatic carboxylic acids is 1. The molecule has 7 heteroatoms. The minimum Gasteiger partial charge on any atom is -0.480 e. The van der Waals surface area contributed by atoms with E-state index in [2.05, 4.69) is 4.72 Å². The minimum absolute atomic E-state index is 0.0197. The number of nitrogens with zero attached hydrogens (tertiary/aromatic N) is 1. The van der Waals surface area contributed by atoms with Gasteiger partial charge < -0.3 is 5.11 Å². The van der Waals surface area contributed by atoms with Crippen LogP contribution < -0.4 is 4.72 Å². The fourth-order valence-electron chi connectivity index (χ4n) is 1.49. The SMILES string of the molecule is O=C(O)C1CNS(=O)(=O)N1C1CC1. The molecule has 1 saturated carbocycles. The van der Waals surface area contributed by atoms with Gasteiger partial charge >= 0.3 is 5.97 Å². The summed E-state index contributed by atoms with van der Waals surface area (Å²) < 4.78 is 25.9. The lowest BCUT2D eigenvalue weighted by Crippen LogP contribution is -2.41. The van der Waals surface area contributed by atoms with Crippen LogP contribution in [0.25, 0.3) is 0 Å². The van der Waals surface area contributed by atoms with Crippen LogP contribution in [0.15, 0.2) is 0 Å². The Labute approximate surface area is 75.7 Å². The Morgan fingerprint density at radius 2 is 2.08 bits per heavy atom. The molecule has 1 unspecified atom stereocenters. The molecule has 74 valence electrons. The fraction of sp³-hybridized carbons (Fsp3) is 0.833. The van der Waals surface area contributed by atoms with Crippen molar-refractivity contribution in [1.82, 2.24) is 9.03 Å². The van der Waals surface area contributed by atoms with Gasteiger partial charge in [0, 0.05) is 12.6 Å². The standard InChI is InChI=1S/C6H10N2O4S/c9-6(10)5-3-7-13(11,12)8(5)4-1-2-4/h4-5,7H,1-3H2,(H,9,10). The van der Waals surface area contributed by atoms with Gasteiger partial charge in [0.25, 0.3) is 10.2 Å². The van der Waals surface area contributed by atoms with Crippen molar-refractivity contribution >= 4 is 16.2 Å². The van der Waals surface area contributed by atoms with Crippen molar-refractivity contribution in [2.45, 2.75) is 24.9 Å². The van der Waals surface area contributed by atoms with Gasteiger partial charge in [0.1, 0.15) is 6.04 Å². The molecule has 2 N–H and O–H groups in total. The third kappa shape index (κ3) is 1.43. The van der Waals surface area contributed by atoms with Gasteiger partial charge in [-0.15, -0.1) is 0 Å². The first-order valence-electron chi connectivity index (χ1n) is 4.03. The Kier molecular flexibility index (Phi) is 1.83. The smallest absolute Gasteiger partial charge is 0.323 e. The van der Waals surface area contributed by atoms with Crippen LogP contribution in [0, 0.1) is 0 Å². The molecule has 1 heterocycles. The van der Waals surface area contributed by atoms with Crippen LogP contribution in [-0.2, 0) is 15.0 Å². The van der Waals surface area contributed by atoms with E-state index in [-0.39, 0.29) is 12.6 Å². The molecule has 1 aliphatic heterocycles. The summed E-state index contributed by atoms with van der Waals surface area (Å²) in [5.74, 6) is -1.08. The predicted molar refractivity (Wildman–Crippen MR) is 43.2 cm³/mol. The number of carbonyl (C=O) groups is 1. The number of carboxylic acid groups (broad SMARTS) is 1. The van der Waals surface area contributed by atoms with Crippen molar-refractivity contribution in [3.05, 3.63) is 0 Å². The summed E-state index contributed by atoms with van der Waals surface area (Å²) in [6, 6.07) is -1.02. The number of nitrogens with one attached hydrogen (secondary N) is 1. The van der Waals surface area contributed by atoms with E-state index in [9.17, 15) is 13.2 Å². The molecule has 2 rings (SSSR count). The highest BCUT2D eigenvalue weighted by molar-refractivity contribution is 7.87. The van der Waals surface area contributed by atoms with Crippen molar-refractivity contribution in [1.29, 1.82) is 0 Å². The molecule has 0 aromatic carbocycles. The Morgan fingerprint density at radius 1 is 1.46 bits per heavy atom. The molecule has 2 aliphatic rings. The first-order valence-corrected chi connectivity index (χ1v) is 5.47. The maximum atomic E-state index is 11.3. The lowest BCUT2D eigenvalue weighted by molar-refractivity contribution is -0.140. The van der Waals surface area contributed by atoms with E-state index < -0.39 is 22.2 Å². The molecule has 0 radical (unpaired) electrons. The largest absolute Gasteiger partial charge is 0.480 e. The van der Waals surface area contributed by atoms with Gasteiger partial charge in [-0.1, -0.05) is 0 Å². The highest BCUT2D eigenvalue weighted by atomic mass is 32.2. The van der Waals surface area contributed by atoms with Crippen molar-refractivity contribution in [3.63, 3.8) is 0 Å². The topological polar surface area (TPSA) is 86.7 Å². The number of hydrogen-bond acceptors (Lipinski definition) is 3. The molecule has 0 bridgehead atoms. The first kappa shape index (κ1) is 8.92. The molecule has 6 nitrogen and oxygen atoms in total. The van der Waals surface area contributed by atoms with E-state index >= 15 is 0 Å². The lowest BCUT2D eigenvalue weighted by Gasteiger charge is -2.16. The van der Waals surface area contributed by atoms with Crippen molar-refractivity contribution in [2.24, 2.45) is 0 Å². The van der Waals surface area contributed by atoms with Crippen LogP contribution in [0.2, 0.25) is 0 Å². The van der Waals surface area contributed by atoms with Gasteiger partial charge in [0.15, 0.2) is 0 Å². The quantitative estimate of drug-likeness (QED) is 0.591. The number of rotatable bonds is 2. The molecule has 1 aliphatic carbocycles. The Balaban J connectivity index is 2.28. The summed E-state index contributed by atoms with van der Waals surface area (Å²) in [6.07, 6.45) is 1.54. The van der Waals surface area contributed by atoms with Crippen LogP contribution in [0.5, 0.6) is 0 Å². The van der Waals surface area contributed by atoms with Crippen molar-refractivity contribution in [3.8, 4) is 0 Å². The molecule has 2 fully saturated rings. The number of carboxylic acids is 1. The van der Waals surface area contributed by atoms with E-state index in [1.807, 2.05) is 0 Å².